The molecule has 0 aliphatic heterocycles. The Labute approximate surface area is 91.6 Å². The highest BCUT2D eigenvalue weighted by atomic mass is 79.9. The maximum Gasteiger partial charge on any atom is 0.287 e. The molecule has 0 aliphatic carbocycles. The van der Waals surface area contributed by atoms with E-state index in [1.54, 1.807) is 7.11 Å². The molecule has 1 aromatic carbocycles. The zero-order valence-electron chi connectivity index (χ0n) is 7.92. The predicted octanol–water partition coefficient (Wildman–Crippen LogP) is 2.34. The molecule has 1 N–H and O–H groups in total. The van der Waals surface area contributed by atoms with Crippen LogP contribution in [0.4, 0.5) is 4.79 Å². The zero-order valence-corrected chi connectivity index (χ0v) is 9.50. The SMILES string of the molecule is COc1ccc(CCNC(=O)Br)cc1. The van der Waals surface area contributed by atoms with Crippen LogP contribution in [0.1, 0.15) is 5.56 Å². The molecule has 0 fully saturated rings. The van der Waals surface area contributed by atoms with Crippen molar-refractivity contribution in [2.24, 2.45) is 0 Å². The van der Waals surface area contributed by atoms with Gasteiger partial charge < -0.3 is 10.1 Å². The zero-order chi connectivity index (χ0) is 10.4. The van der Waals surface area contributed by atoms with E-state index in [1.807, 2.05) is 24.3 Å². The number of hydrogen-bond acceptors (Lipinski definition) is 2. The molecular formula is C10H12BrNO2. The molecule has 0 atom stereocenters. The fourth-order valence-corrected chi connectivity index (χ4v) is 1.30. The van der Waals surface area contributed by atoms with Gasteiger partial charge in [-0.2, -0.15) is 0 Å². The topological polar surface area (TPSA) is 38.3 Å². The molecule has 0 bridgehead atoms. The van der Waals surface area contributed by atoms with Crippen molar-refractivity contribution in [3.05, 3.63) is 29.8 Å². The van der Waals surface area contributed by atoms with Crippen molar-refractivity contribution in [1.29, 1.82) is 0 Å². The normalized spacial score (nSPS) is 9.57. The molecule has 0 aromatic heterocycles. The molecular weight excluding hydrogens is 246 g/mol. The molecule has 3 nitrogen and oxygen atoms in total. The first kappa shape index (κ1) is 11.0. The van der Waals surface area contributed by atoms with Crippen LogP contribution in [-0.2, 0) is 6.42 Å². The minimum Gasteiger partial charge on any atom is -0.497 e. The predicted molar refractivity (Wildman–Crippen MR) is 59.0 cm³/mol. The van der Waals surface area contributed by atoms with Crippen LogP contribution in [0.5, 0.6) is 5.75 Å². The molecule has 0 aliphatic rings. The summed E-state index contributed by atoms with van der Waals surface area (Å²) in [5.74, 6) is 0.846. The Balaban J connectivity index is 2.40. The Morgan fingerprint density at radius 1 is 1.43 bits per heavy atom. The third kappa shape index (κ3) is 3.79. The van der Waals surface area contributed by atoms with Crippen molar-refractivity contribution >= 4 is 20.7 Å². The van der Waals surface area contributed by atoms with Gasteiger partial charge in [0.2, 0.25) is 0 Å². The average molecular weight is 258 g/mol. The second-order valence-electron chi connectivity index (χ2n) is 2.80. The molecule has 4 heteroatoms. The maximum absolute atomic E-state index is 10.5. The van der Waals surface area contributed by atoms with Crippen molar-refractivity contribution in [2.45, 2.75) is 6.42 Å². The fourth-order valence-electron chi connectivity index (χ4n) is 1.10. The van der Waals surface area contributed by atoms with Crippen LogP contribution in [0.2, 0.25) is 0 Å². The van der Waals surface area contributed by atoms with Crippen molar-refractivity contribution in [3.63, 3.8) is 0 Å². The standard InChI is InChI=1S/C10H12BrNO2/c1-14-9-4-2-8(3-5-9)6-7-12-10(11)13/h2-5H,6-7H2,1H3,(H,12,13). The molecule has 0 spiro atoms. The number of carbonyl (C=O) groups excluding carboxylic acids is 1. The van der Waals surface area contributed by atoms with E-state index in [0.29, 0.717) is 6.54 Å². The van der Waals surface area contributed by atoms with E-state index in [2.05, 4.69) is 21.2 Å². The molecule has 1 rings (SSSR count). The van der Waals surface area contributed by atoms with Gasteiger partial charge in [-0.05, 0) is 24.1 Å². The third-order valence-electron chi connectivity index (χ3n) is 1.84. The van der Waals surface area contributed by atoms with Gasteiger partial charge in [0.1, 0.15) is 5.75 Å². The van der Waals surface area contributed by atoms with E-state index in [0.717, 1.165) is 12.2 Å². The number of nitrogens with one attached hydrogen (secondary N) is 1. The summed E-state index contributed by atoms with van der Waals surface area (Å²) in [5, 5.41) is 2.67. The fraction of sp³-hybridized carbons (Fsp3) is 0.300. The lowest BCUT2D eigenvalue weighted by Crippen LogP contribution is -2.18. The maximum atomic E-state index is 10.5. The number of benzene rings is 1. The van der Waals surface area contributed by atoms with E-state index in [1.165, 1.54) is 5.56 Å². The van der Waals surface area contributed by atoms with E-state index in [-0.39, 0.29) is 4.82 Å². The second kappa shape index (κ2) is 5.65. The molecule has 14 heavy (non-hydrogen) atoms. The van der Waals surface area contributed by atoms with E-state index >= 15 is 0 Å². The quantitative estimate of drug-likeness (QED) is 0.665. The van der Waals surface area contributed by atoms with Crippen molar-refractivity contribution in [2.75, 3.05) is 13.7 Å². The number of ether oxygens (including phenoxy) is 1. The Bertz CT molecular complexity index is 297. The molecule has 0 radical (unpaired) electrons. The number of hydrogen-bond donors (Lipinski definition) is 1. The summed E-state index contributed by atoms with van der Waals surface area (Å²) in [6.45, 7) is 0.635. The van der Waals surface area contributed by atoms with Crippen molar-refractivity contribution in [1.82, 2.24) is 5.32 Å². The molecule has 0 heterocycles. The number of rotatable bonds is 4. The highest BCUT2D eigenvalue weighted by Crippen LogP contribution is 2.11. The van der Waals surface area contributed by atoms with Crippen LogP contribution in [0.25, 0.3) is 0 Å². The highest BCUT2D eigenvalue weighted by Gasteiger charge is 1.96. The van der Waals surface area contributed by atoms with E-state index < -0.39 is 0 Å². The minimum atomic E-state index is -0.175. The van der Waals surface area contributed by atoms with Crippen LogP contribution in [0, 0.1) is 0 Å². The van der Waals surface area contributed by atoms with Crippen LogP contribution < -0.4 is 10.1 Å². The molecule has 0 saturated heterocycles. The van der Waals surface area contributed by atoms with Crippen molar-refractivity contribution < 1.29 is 9.53 Å². The first-order chi connectivity index (χ1) is 6.72. The van der Waals surface area contributed by atoms with Gasteiger partial charge >= 0.3 is 0 Å². The van der Waals surface area contributed by atoms with Gasteiger partial charge in [0, 0.05) is 22.5 Å². The van der Waals surface area contributed by atoms with Gasteiger partial charge in [-0.25, -0.2) is 0 Å². The summed E-state index contributed by atoms with van der Waals surface area (Å²) in [6.07, 6.45) is 0.821. The average Bonchev–Trinajstić information content (AvgIpc) is 2.18. The van der Waals surface area contributed by atoms with Gasteiger partial charge in [0.25, 0.3) is 4.82 Å². The van der Waals surface area contributed by atoms with Gasteiger partial charge in [-0.15, -0.1) is 0 Å². The molecule has 0 unspecified atom stereocenters. The molecule has 76 valence electrons. The molecule has 1 amide bonds. The number of methoxy groups -OCH3 is 1. The summed E-state index contributed by atoms with van der Waals surface area (Å²) in [7, 11) is 1.64. The lowest BCUT2D eigenvalue weighted by Gasteiger charge is -2.03. The lowest BCUT2D eigenvalue weighted by molar-refractivity contribution is 0.262. The Morgan fingerprint density at radius 2 is 2.07 bits per heavy atom. The first-order valence-corrected chi connectivity index (χ1v) is 5.08. The minimum absolute atomic E-state index is 0.175. The highest BCUT2D eigenvalue weighted by molar-refractivity contribution is 9.18. The van der Waals surface area contributed by atoms with Gasteiger partial charge in [0.05, 0.1) is 7.11 Å². The van der Waals surface area contributed by atoms with Crippen LogP contribution in [-0.4, -0.2) is 18.5 Å². The van der Waals surface area contributed by atoms with Crippen molar-refractivity contribution in [3.8, 4) is 5.75 Å². The third-order valence-corrected chi connectivity index (χ3v) is 2.12. The van der Waals surface area contributed by atoms with Crippen LogP contribution >= 0.6 is 15.9 Å². The first-order valence-electron chi connectivity index (χ1n) is 4.28. The number of amides is 1. The Morgan fingerprint density at radius 3 is 2.57 bits per heavy atom. The van der Waals surface area contributed by atoms with E-state index in [9.17, 15) is 4.79 Å². The number of halogens is 1. The lowest BCUT2D eigenvalue weighted by atomic mass is 10.1. The molecule has 0 saturated carbocycles. The van der Waals surface area contributed by atoms with E-state index in [4.69, 9.17) is 4.74 Å². The monoisotopic (exact) mass is 257 g/mol. The van der Waals surface area contributed by atoms with Gasteiger partial charge in [-0.3, -0.25) is 4.79 Å². The Kier molecular flexibility index (Phi) is 4.46. The van der Waals surface area contributed by atoms with Crippen LogP contribution in [0.15, 0.2) is 24.3 Å². The summed E-state index contributed by atoms with van der Waals surface area (Å²) in [6, 6.07) is 7.79. The summed E-state index contributed by atoms with van der Waals surface area (Å²) in [4.78, 5) is 10.3. The smallest absolute Gasteiger partial charge is 0.287 e. The number of carbonyl (C=O) groups is 1. The van der Waals surface area contributed by atoms with Gasteiger partial charge in [0.15, 0.2) is 0 Å². The van der Waals surface area contributed by atoms with Crippen LogP contribution in [0.3, 0.4) is 0 Å². The summed E-state index contributed by atoms with van der Waals surface area (Å²) < 4.78 is 5.03. The summed E-state index contributed by atoms with van der Waals surface area (Å²) in [5.41, 5.74) is 1.17. The Hall–Kier alpha value is -1.03. The second-order valence-corrected chi connectivity index (χ2v) is 3.52. The largest absolute Gasteiger partial charge is 0.497 e. The van der Waals surface area contributed by atoms with Gasteiger partial charge in [-0.1, -0.05) is 12.1 Å². The summed E-state index contributed by atoms with van der Waals surface area (Å²) >= 11 is 2.80. The molecule has 1 aromatic rings.